The predicted molar refractivity (Wildman–Crippen MR) is 91.5 cm³/mol. The molecule has 2 atom stereocenters. The van der Waals surface area contributed by atoms with E-state index >= 15 is 0 Å². The lowest BCUT2D eigenvalue weighted by Crippen LogP contribution is -2.26. The molecular weight excluding hydrogens is 242 g/mol. The SMILES string of the molecule is C.CC1=NCC(C(C)C)=C2CCC(C(C)C)CCCC12. The molecular formula is C19H35N. The molecule has 116 valence electrons. The molecule has 1 heterocycles. The fourth-order valence-electron chi connectivity index (χ4n) is 3.90. The highest BCUT2D eigenvalue weighted by molar-refractivity contribution is 5.88. The second kappa shape index (κ2) is 7.43. The van der Waals surface area contributed by atoms with Gasteiger partial charge in [0.2, 0.25) is 0 Å². The Bertz CT molecular complexity index is 373. The average molecular weight is 277 g/mol. The first-order valence-electron chi connectivity index (χ1n) is 8.23. The van der Waals surface area contributed by atoms with Gasteiger partial charge in [-0.25, -0.2) is 0 Å². The van der Waals surface area contributed by atoms with Crippen molar-refractivity contribution in [2.24, 2.45) is 28.7 Å². The molecule has 0 saturated heterocycles. The second-order valence-corrected chi connectivity index (χ2v) is 7.19. The molecule has 1 heteroatoms. The highest BCUT2D eigenvalue weighted by atomic mass is 14.8. The van der Waals surface area contributed by atoms with Gasteiger partial charge >= 0.3 is 0 Å². The zero-order chi connectivity index (χ0) is 14.0. The lowest BCUT2D eigenvalue weighted by molar-refractivity contribution is 0.306. The van der Waals surface area contributed by atoms with Crippen LogP contribution in [0.15, 0.2) is 16.1 Å². The Morgan fingerprint density at radius 2 is 1.75 bits per heavy atom. The maximum atomic E-state index is 4.80. The van der Waals surface area contributed by atoms with Crippen LogP contribution < -0.4 is 0 Å². The van der Waals surface area contributed by atoms with Crippen LogP contribution >= 0.6 is 0 Å². The molecule has 0 aromatic rings. The molecule has 0 amide bonds. The van der Waals surface area contributed by atoms with Crippen LogP contribution in [0.4, 0.5) is 0 Å². The molecule has 2 unspecified atom stereocenters. The number of dihydropyridines is 1. The zero-order valence-corrected chi connectivity index (χ0v) is 13.5. The monoisotopic (exact) mass is 277 g/mol. The van der Waals surface area contributed by atoms with E-state index in [1.54, 1.807) is 11.1 Å². The summed E-state index contributed by atoms with van der Waals surface area (Å²) in [6.07, 6.45) is 6.87. The maximum absolute atomic E-state index is 4.80. The first kappa shape index (κ1) is 17.5. The van der Waals surface area contributed by atoms with Crippen LogP contribution in [-0.4, -0.2) is 12.3 Å². The van der Waals surface area contributed by atoms with E-state index in [0.29, 0.717) is 11.8 Å². The Labute approximate surface area is 127 Å². The minimum atomic E-state index is 0. The number of hydrogen-bond donors (Lipinski definition) is 0. The van der Waals surface area contributed by atoms with Crippen LogP contribution in [0.2, 0.25) is 0 Å². The van der Waals surface area contributed by atoms with E-state index in [0.717, 1.165) is 18.4 Å². The minimum Gasteiger partial charge on any atom is -0.289 e. The van der Waals surface area contributed by atoms with Crippen molar-refractivity contribution in [2.75, 3.05) is 6.54 Å². The standard InChI is InChI=1S/C18H31N.CH4/c1-12(2)15-7-6-8-16-14(5)19-11-18(13(3)4)17(16)10-9-15;/h12-13,15-16H,6-11H2,1-5H3;1H4. The van der Waals surface area contributed by atoms with E-state index in [9.17, 15) is 0 Å². The van der Waals surface area contributed by atoms with Crippen LogP contribution in [0.25, 0.3) is 0 Å². The Morgan fingerprint density at radius 1 is 1.05 bits per heavy atom. The Hall–Kier alpha value is -0.590. The van der Waals surface area contributed by atoms with Crippen molar-refractivity contribution >= 4 is 5.71 Å². The number of hydrogen-bond acceptors (Lipinski definition) is 1. The molecule has 20 heavy (non-hydrogen) atoms. The zero-order valence-electron chi connectivity index (χ0n) is 13.5. The van der Waals surface area contributed by atoms with Gasteiger partial charge in [-0.05, 0) is 49.5 Å². The van der Waals surface area contributed by atoms with Crippen LogP contribution in [0.5, 0.6) is 0 Å². The van der Waals surface area contributed by atoms with Gasteiger partial charge in [-0.2, -0.15) is 0 Å². The minimum absolute atomic E-state index is 0. The summed E-state index contributed by atoms with van der Waals surface area (Å²) in [6.45, 7) is 12.7. The summed E-state index contributed by atoms with van der Waals surface area (Å²) in [5, 5.41) is 0. The molecule has 0 aromatic carbocycles. The number of aliphatic imine (C=N–C) groups is 1. The second-order valence-electron chi connectivity index (χ2n) is 7.19. The molecule has 2 rings (SSSR count). The first-order chi connectivity index (χ1) is 9.00. The molecule has 0 N–H and O–H groups in total. The molecule has 1 nitrogen and oxygen atoms in total. The third-order valence-electron chi connectivity index (χ3n) is 5.33. The fraction of sp³-hybridized carbons (Fsp3) is 0.842. The molecule has 0 radical (unpaired) electrons. The summed E-state index contributed by atoms with van der Waals surface area (Å²) in [5.41, 5.74) is 4.83. The highest BCUT2D eigenvalue weighted by Crippen LogP contribution is 2.38. The molecule has 0 spiro atoms. The maximum Gasteiger partial charge on any atom is 0.0604 e. The van der Waals surface area contributed by atoms with Gasteiger partial charge in [-0.15, -0.1) is 0 Å². The number of nitrogens with zero attached hydrogens (tertiary/aromatic N) is 1. The summed E-state index contributed by atoms with van der Waals surface area (Å²) in [4.78, 5) is 4.80. The van der Waals surface area contributed by atoms with E-state index in [2.05, 4.69) is 34.6 Å². The predicted octanol–water partition coefficient (Wildman–Crippen LogP) is 5.90. The number of rotatable bonds is 2. The molecule has 0 aromatic heterocycles. The third-order valence-corrected chi connectivity index (χ3v) is 5.33. The molecule has 1 aliphatic carbocycles. The van der Waals surface area contributed by atoms with Gasteiger partial charge in [-0.1, -0.05) is 53.5 Å². The first-order valence-corrected chi connectivity index (χ1v) is 8.23. The van der Waals surface area contributed by atoms with Crippen LogP contribution in [0.3, 0.4) is 0 Å². The van der Waals surface area contributed by atoms with Crippen LogP contribution in [-0.2, 0) is 0 Å². The van der Waals surface area contributed by atoms with Crippen molar-refractivity contribution in [1.29, 1.82) is 0 Å². The van der Waals surface area contributed by atoms with Crippen molar-refractivity contribution in [3.05, 3.63) is 11.1 Å². The smallest absolute Gasteiger partial charge is 0.0604 e. The summed E-state index contributed by atoms with van der Waals surface area (Å²) in [5.74, 6) is 3.13. The van der Waals surface area contributed by atoms with Gasteiger partial charge < -0.3 is 0 Å². The summed E-state index contributed by atoms with van der Waals surface area (Å²) in [6, 6.07) is 0. The molecule has 1 fully saturated rings. The van der Waals surface area contributed by atoms with Gasteiger partial charge in [-0.3, -0.25) is 4.99 Å². The largest absolute Gasteiger partial charge is 0.289 e. The number of fused-ring (bicyclic) bond motifs is 1. The third kappa shape index (κ3) is 3.74. The Balaban J connectivity index is 0.00000200. The van der Waals surface area contributed by atoms with E-state index in [1.807, 2.05) is 0 Å². The van der Waals surface area contributed by atoms with E-state index in [4.69, 9.17) is 4.99 Å². The summed E-state index contributed by atoms with van der Waals surface area (Å²) >= 11 is 0. The molecule has 1 aliphatic heterocycles. The summed E-state index contributed by atoms with van der Waals surface area (Å²) in [7, 11) is 0. The van der Waals surface area contributed by atoms with Crippen molar-refractivity contribution < 1.29 is 0 Å². The van der Waals surface area contributed by atoms with E-state index in [-0.39, 0.29) is 7.43 Å². The molecule has 0 bridgehead atoms. The van der Waals surface area contributed by atoms with Gasteiger partial charge in [0, 0.05) is 11.6 Å². The van der Waals surface area contributed by atoms with Gasteiger partial charge in [0.15, 0.2) is 0 Å². The Morgan fingerprint density at radius 3 is 2.35 bits per heavy atom. The fourth-order valence-corrected chi connectivity index (χ4v) is 3.90. The van der Waals surface area contributed by atoms with Crippen molar-refractivity contribution in [1.82, 2.24) is 0 Å². The molecule has 2 aliphatic rings. The van der Waals surface area contributed by atoms with E-state index < -0.39 is 0 Å². The lowest BCUT2D eigenvalue weighted by Gasteiger charge is -2.34. The lowest BCUT2D eigenvalue weighted by atomic mass is 9.73. The van der Waals surface area contributed by atoms with Crippen molar-refractivity contribution in [3.63, 3.8) is 0 Å². The van der Waals surface area contributed by atoms with Gasteiger partial charge in [0.05, 0.1) is 6.54 Å². The highest BCUT2D eigenvalue weighted by Gasteiger charge is 2.28. The van der Waals surface area contributed by atoms with Crippen molar-refractivity contribution in [2.45, 2.75) is 74.1 Å². The number of allylic oxidation sites excluding steroid dienone is 1. The van der Waals surface area contributed by atoms with Crippen molar-refractivity contribution in [3.8, 4) is 0 Å². The van der Waals surface area contributed by atoms with E-state index in [1.165, 1.54) is 37.8 Å². The quantitative estimate of drug-likeness (QED) is 0.557. The normalized spacial score (nSPS) is 27.6. The topological polar surface area (TPSA) is 12.4 Å². The van der Waals surface area contributed by atoms with Crippen LogP contribution in [0, 0.1) is 23.7 Å². The van der Waals surface area contributed by atoms with Crippen LogP contribution in [0.1, 0.15) is 74.1 Å². The van der Waals surface area contributed by atoms with Gasteiger partial charge in [0.1, 0.15) is 0 Å². The Kier molecular flexibility index (Phi) is 6.48. The van der Waals surface area contributed by atoms with Gasteiger partial charge in [0.25, 0.3) is 0 Å². The molecule has 1 saturated carbocycles. The average Bonchev–Trinajstić information content (AvgIpc) is 2.30. The summed E-state index contributed by atoms with van der Waals surface area (Å²) < 4.78 is 0.